The van der Waals surface area contributed by atoms with Gasteiger partial charge in [0.2, 0.25) is 0 Å². The molecule has 124 valence electrons. The van der Waals surface area contributed by atoms with Crippen LogP contribution in [-0.4, -0.2) is 51.9 Å². The Labute approximate surface area is 131 Å². The van der Waals surface area contributed by atoms with Gasteiger partial charge in [0.25, 0.3) is 0 Å². The van der Waals surface area contributed by atoms with E-state index in [2.05, 4.69) is 35.1 Å². The summed E-state index contributed by atoms with van der Waals surface area (Å²) in [5.41, 5.74) is 0. The molecule has 3 atom stereocenters. The second-order valence-corrected chi connectivity index (χ2v) is 7.17. The van der Waals surface area contributed by atoms with Crippen molar-refractivity contribution in [3.8, 4) is 0 Å². The lowest BCUT2D eigenvalue weighted by atomic mass is 9.86. The fraction of sp³-hybridized carbons (Fsp3) is 1.00. The second kappa shape index (κ2) is 9.78. The van der Waals surface area contributed by atoms with Gasteiger partial charge in [-0.15, -0.1) is 0 Å². The fourth-order valence-corrected chi connectivity index (χ4v) is 3.85. The van der Waals surface area contributed by atoms with E-state index in [0.717, 1.165) is 24.3 Å². The lowest BCUT2D eigenvalue weighted by Crippen LogP contribution is -2.43. The third-order valence-electron chi connectivity index (χ3n) is 5.12. The van der Waals surface area contributed by atoms with Crippen molar-refractivity contribution in [2.24, 2.45) is 17.8 Å². The molecule has 2 fully saturated rings. The third-order valence-corrected chi connectivity index (χ3v) is 5.12. The molecule has 0 radical (unpaired) electrons. The van der Waals surface area contributed by atoms with E-state index >= 15 is 0 Å². The standard InChI is InChI=1S/C17H36N4/c1-3-18-11-17-9-16(10-20-12-17)8-14(2)21-13-15-4-6-19-7-5-15/h14-21H,3-13H2,1-2H3. The maximum atomic E-state index is 3.79. The van der Waals surface area contributed by atoms with Crippen LogP contribution in [-0.2, 0) is 0 Å². The average Bonchev–Trinajstić information content (AvgIpc) is 2.52. The van der Waals surface area contributed by atoms with Crippen molar-refractivity contribution in [1.29, 1.82) is 0 Å². The van der Waals surface area contributed by atoms with Gasteiger partial charge in [0.15, 0.2) is 0 Å². The zero-order chi connectivity index (χ0) is 14.9. The molecule has 3 unspecified atom stereocenters. The first-order valence-corrected chi connectivity index (χ1v) is 9.13. The molecule has 2 saturated heterocycles. The Morgan fingerprint density at radius 1 is 1.00 bits per heavy atom. The highest BCUT2D eigenvalue weighted by Crippen LogP contribution is 2.21. The largest absolute Gasteiger partial charge is 0.317 e. The molecule has 4 N–H and O–H groups in total. The number of hydrogen-bond acceptors (Lipinski definition) is 4. The molecule has 0 saturated carbocycles. The summed E-state index contributed by atoms with van der Waals surface area (Å²) in [6.07, 6.45) is 5.39. The van der Waals surface area contributed by atoms with Crippen molar-refractivity contribution in [3.63, 3.8) is 0 Å². The molecule has 4 nitrogen and oxygen atoms in total. The Kier molecular flexibility index (Phi) is 8.01. The van der Waals surface area contributed by atoms with Crippen LogP contribution in [0.5, 0.6) is 0 Å². The molecule has 0 aliphatic carbocycles. The molecule has 21 heavy (non-hydrogen) atoms. The SMILES string of the molecule is CCNCC1CNCC(CC(C)NCC2CCNCC2)C1. The van der Waals surface area contributed by atoms with Crippen molar-refractivity contribution in [2.45, 2.75) is 45.6 Å². The molecule has 0 spiro atoms. The first-order chi connectivity index (χ1) is 10.3. The Morgan fingerprint density at radius 2 is 1.76 bits per heavy atom. The number of piperidine rings is 2. The molecular weight excluding hydrogens is 260 g/mol. The summed E-state index contributed by atoms with van der Waals surface area (Å²) in [4.78, 5) is 0. The predicted molar refractivity (Wildman–Crippen MR) is 90.7 cm³/mol. The summed E-state index contributed by atoms with van der Waals surface area (Å²) in [5, 5.41) is 14.4. The number of hydrogen-bond donors (Lipinski definition) is 4. The van der Waals surface area contributed by atoms with Crippen molar-refractivity contribution in [3.05, 3.63) is 0 Å². The van der Waals surface area contributed by atoms with Gasteiger partial charge < -0.3 is 21.3 Å². The molecular formula is C17H36N4. The highest BCUT2D eigenvalue weighted by Gasteiger charge is 2.23. The van der Waals surface area contributed by atoms with E-state index in [0.29, 0.717) is 6.04 Å². The Morgan fingerprint density at radius 3 is 2.52 bits per heavy atom. The first-order valence-electron chi connectivity index (χ1n) is 9.13. The van der Waals surface area contributed by atoms with Gasteiger partial charge in [-0.05, 0) is 96.2 Å². The summed E-state index contributed by atoms with van der Waals surface area (Å²) in [6, 6.07) is 0.657. The average molecular weight is 297 g/mol. The summed E-state index contributed by atoms with van der Waals surface area (Å²) in [6.45, 7) is 12.9. The Bertz CT molecular complexity index is 266. The van der Waals surface area contributed by atoms with Gasteiger partial charge >= 0.3 is 0 Å². The third kappa shape index (κ3) is 6.64. The van der Waals surface area contributed by atoms with Gasteiger partial charge in [-0.3, -0.25) is 0 Å². The maximum absolute atomic E-state index is 3.79. The zero-order valence-electron chi connectivity index (χ0n) is 14.1. The molecule has 2 heterocycles. The molecule has 2 aliphatic heterocycles. The fourth-order valence-electron chi connectivity index (χ4n) is 3.85. The highest BCUT2D eigenvalue weighted by atomic mass is 14.9. The van der Waals surface area contributed by atoms with Gasteiger partial charge in [-0.25, -0.2) is 0 Å². The van der Waals surface area contributed by atoms with E-state index in [9.17, 15) is 0 Å². The van der Waals surface area contributed by atoms with Crippen LogP contribution in [0.15, 0.2) is 0 Å². The summed E-state index contributed by atoms with van der Waals surface area (Å²) < 4.78 is 0. The van der Waals surface area contributed by atoms with Crippen molar-refractivity contribution < 1.29 is 0 Å². The molecule has 0 amide bonds. The van der Waals surface area contributed by atoms with Crippen LogP contribution in [0.4, 0.5) is 0 Å². The number of nitrogens with one attached hydrogen (secondary N) is 4. The van der Waals surface area contributed by atoms with Crippen LogP contribution in [0, 0.1) is 17.8 Å². The van der Waals surface area contributed by atoms with Crippen LogP contribution < -0.4 is 21.3 Å². The Balaban J connectivity index is 1.60. The topological polar surface area (TPSA) is 48.1 Å². The normalized spacial score (nSPS) is 29.4. The lowest BCUT2D eigenvalue weighted by Gasteiger charge is -2.32. The van der Waals surface area contributed by atoms with Gasteiger partial charge in [-0.2, -0.15) is 0 Å². The highest BCUT2D eigenvalue weighted by molar-refractivity contribution is 4.81. The van der Waals surface area contributed by atoms with Crippen LogP contribution in [0.25, 0.3) is 0 Å². The second-order valence-electron chi connectivity index (χ2n) is 7.17. The molecule has 0 aromatic carbocycles. The minimum Gasteiger partial charge on any atom is -0.317 e. The van der Waals surface area contributed by atoms with Crippen LogP contribution in [0.2, 0.25) is 0 Å². The molecule has 0 aromatic heterocycles. The molecule has 0 aromatic rings. The van der Waals surface area contributed by atoms with Gasteiger partial charge in [0, 0.05) is 6.04 Å². The monoisotopic (exact) mass is 296 g/mol. The van der Waals surface area contributed by atoms with Crippen LogP contribution >= 0.6 is 0 Å². The maximum Gasteiger partial charge on any atom is 0.00419 e. The van der Waals surface area contributed by atoms with Crippen LogP contribution in [0.1, 0.15) is 39.5 Å². The molecule has 0 bridgehead atoms. The van der Waals surface area contributed by atoms with Crippen molar-refractivity contribution >= 4 is 0 Å². The quantitative estimate of drug-likeness (QED) is 0.543. The van der Waals surface area contributed by atoms with E-state index in [4.69, 9.17) is 0 Å². The van der Waals surface area contributed by atoms with E-state index in [1.807, 2.05) is 0 Å². The molecule has 2 rings (SSSR count). The lowest BCUT2D eigenvalue weighted by molar-refractivity contribution is 0.245. The van der Waals surface area contributed by atoms with Crippen molar-refractivity contribution in [1.82, 2.24) is 21.3 Å². The van der Waals surface area contributed by atoms with Crippen molar-refractivity contribution in [2.75, 3.05) is 45.8 Å². The van der Waals surface area contributed by atoms with E-state index in [1.165, 1.54) is 65.0 Å². The first kappa shape index (κ1) is 17.2. The summed E-state index contributed by atoms with van der Waals surface area (Å²) in [5.74, 6) is 2.55. The van der Waals surface area contributed by atoms with E-state index < -0.39 is 0 Å². The number of rotatable bonds is 8. The molecule has 4 heteroatoms. The van der Waals surface area contributed by atoms with E-state index in [-0.39, 0.29) is 0 Å². The molecule has 2 aliphatic rings. The Hall–Kier alpha value is -0.160. The smallest absolute Gasteiger partial charge is 0.00419 e. The predicted octanol–water partition coefficient (Wildman–Crippen LogP) is 1.19. The minimum absolute atomic E-state index is 0.657. The van der Waals surface area contributed by atoms with Gasteiger partial charge in [-0.1, -0.05) is 6.92 Å². The minimum atomic E-state index is 0.657. The zero-order valence-corrected chi connectivity index (χ0v) is 14.1. The summed E-state index contributed by atoms with van der Waals surface area (Å²) in [7, 11) is 0. The van der Waals surface area contributed by atoms with Gasteiger partial charge in [0.1, 0.15) is 0 Å². The van der Waals surface area contributed by atoms with Crippen LogP contribution in [0.3, 0.4) is 0 Å². The van der Waals surface area contributed by atoms with E-state index in [1.54, 1.807) is 0 Å². The van der Waals surface area contributed by atoms with Gasteiger partial charge in [0.05, 0.1) is 0 Å². The summed E-state index contributed by atoms with van der Waals surface area (Å²) >= 11 is 0.